The predicted octanol–water partition coefficient (Wildman–Crippen LogP) is 1.15. The Morgan fingerprint density at radius 3 is 2.33 bits per heavy atom. The predicted molar refractivity (Wildman–Crippen MR) is 69.2 cm³/mol. The normalized spacial score (nSPS) is 44.2. The van der Waals surface area contributed by atoms with Crippen LogP contribution in [0.25, 0.3) is 0 Å². The Morgan fingerprint density at radius 2 is 1.83 bits per heavy atom. The van der Waals surface area contributed by atoms with Gasteiger partial charge in [0.2, 0.25) is 0 Å². The average molecular weight is 271 g/mol. The Hall–Kier alpha value is -0.420. The van der Waals surface area contributed by atoms with Crippen LogP contribution in [-0.4, -0.2) is 48.2 Å². The lowest BCUT2D eigenvalue weighted by Crippen LogP contribution is -2.62. The minimum Gasteiger partial charge on any atom is -0.300 e. The van der Waals surface area contributed by atoms with Crippen molar-refractivity contribution in [2.24, 2.45) is 0 Å². The minimum atomic E-state index is -2.87. The summed E-state index contributed by atoms with van der Waals surface area (Å²) in [4.78, 5) is 14.1. The first kappa shape index (κ1) is 12.6. The third kappa shape index (κ3) is 2.01. The molecule has 3 rings (SSSR count). The lowest BCUT2D eigenvalue weighted by Gasteiger charge is -2.53. The molecular weight excluding hydrogens is 250 g/mol. The summed E-state index contributed by atoms with van der Waals surface area (Å²) in [6, 6.07) is 0.589. The molecule has 0 N–H and O–H groups in total. The quantitative estimate of drug-likeness (QED) is 0.718. The fraction of sp³-hybridized carbons (Fsp3) is 0.923. The van der Waals surface area contributed by atoms with Gasteiger partial charge in [-0.2, -0.15) is 0 Å². The molecule has 0 aromatic carbocycles. The highest BCUT2D eigenvalue weighted by Crippen LogP contribution is 2.41. The Balaban J connectivity index is 1.90. The van der Waals surface area contributed by atoms with Crippen LogP contribution in [0.15, 0.2) is 0 Å². The molecule has 0 saturated carbocycles. The number of fused-ring (bicyclic) bond motifs is 2. The van der Waals surface area contributed by atoms with Crippen LogP contribution in [0.3, 0.4) is 0 Å². The molecule has 0 aromatic rings. The summed E-state index contributed by atoms with van der Waals surface area (Å²) in [7, 11) is -2.87. The summed E-state index contributed by atoms with van der Waals surface area (Å²) < 4.78 is 23.6. The highest BCUT2D eigenvalue weighted by atomic mass is 32.2. The molecule has 0 spiro atoms. The molecule has 3 aliphatic rings. The zero-order valence-electron chi connectivity index (χ0n) is 10.9. The van der Waals surface area contributed by atoms with Gasteiger partial charge in [-0.05, 0) is 26.2 Å². The van der Waals surface area contributed by atoms with Gasteiger partial charge in [0.25, 0.3) is 0 Å². The van der Waals surface area contributed by atoms with Crippen LogP contribution in [0.5, 0.6) is 0 Å². The standard InChI is InChI=1S/C13H21NO3S/c1-13(5-6-18(16,17)9-13)14-10-3-2-4-11(14)8-12(15)7-10/h10-11H,2-9H2,1H3. The molecule has 18 heavy (non-hydrogen) atoms. The van der Waals surface area contributed by atoms with E-state index >= 15 is 0 Å². The van der Waals surface area contributed by atoms with E-state index in [1.54, 1.807) is 0 Å². The number of sulfone groups is 1. The summed E-state index contributed by atoms with van der Waals surface area (Å²) in [6.45, 7) is 2.08. The molecular formula is C13H21NO3S. The number of hydrogen-bond donors (Lipinski definition) is 0. The fourth-order valence-corrected chi connectivity index (χ4v) is 6.39. The average Bonchev–Trinajstić information content (AvgIpc) is 2.52. The van der Waals surface area contributed by atoms with Gasteiger partial charge in [0, 0.05) is 30.5 Å². The molecule has 4 nitrogen and oxygen atoms in total. The molecule has 3 saturated heterocycles. The van der Waals surface area contributed by atoms with Gasteiger partial charge in [-0.25, -0.2) is 8.42 Å². The Bertz CT molecular complexity index is 457. The zero-order chi connectivity index (χ0) is 13.0. The lowest BCUT2D eigenvalue weighted by molar-refractivity contribution is -0.131. The van der Waals surface area contributed by atoms with E-state index in [4.69, 9.17) is 0 Å². The van der Waals surface area contributed by atoms with Crippen molar-refractivity contribution in [2.75, 3.05) is 11.5 Å². The maximum absolute atomic E-state index is 11.8. The Morgan fingerprint density at radius 1 is 1.22 bits per heavy atom. The van der Waals surface area contributed by atoms with Gasteiger partial charge in [-0.1, -0.05) is 6.42 Å². The van der Waals surface area contributed by atoms with Crippen LogP contribution in [0.1, 0.15) is 45.4 Å². The number of Topliss-reactive ketones (excluding diaryl/α,β-unsaturated/α-hetero) is 1. The van der Waals surface area contributed by atoms with Crippen molar-refractivity contribution in [3.8, 4) is 0 Å². The van der Waals surface area contributed by atoms with Gasteiger partial charge >= 0.3 is 0 Å². The molecule has 5 heteroatoms. The molecule has 3 heterocycles. The Kier molecular flexibility index (Phi) is 2.83. The van der Waals surface area contributed by atoms with Crippen LogP contribution >= 0.6 is 0 Å². The third-order valence-electron chi connectivity index (χ3n) is 4.89. The summed E-state index contributed by atoms with van der Waals surface area (Å²) in [5.41, 5.74) is -0.227. The lowest BCUT2D eigenvalue weighted by atomic mass is 9.79. The van der Waals surface area contributed by atoms with Gasteiger partial charge in [0.05, 0.1) is 11.5 Å². The van der Waals surface area contributed by atoms with Gasteiger partial charge in [0.15, 0.2) is 9.84 Å². The number of carbonyl (C=O) groups excluding carboxylic acids is 1. The van der Waals surface area contributed by atoms with Crippen LogP contribution in [0.4, 0.5) is 0 Å². The van der Waals surface area contributed by atoms with E-state index in [2.05, 4.69) is 11.8 Å². The van der Waals surface area contributed by atoms with E-state index < -0.39 is 9.84 Å². The first-order chi connectivity index (χ1) is 8.40. The van der Waals surface area contributed by atoms with Crippen LogP contribution < -0.4 is 0 Å². The molecule has 3 fully saturated rings. The number of rotatable bonds is 1. The minimum absolute atomic E-state index is 0.227. The van der Waals surface area contributed by atoms with Crippen LogP contribution in [-0.2, 0) is 14.6 Å². The summed E-state index contributed by atoms with van der Waals surface area (Å²) >= 11 is 0. The SMILES string of the molecule is CC1(N2C3CCCC2CC(=O)C3)CCS(=O)(=O)C1. The molecule has 0 aromatic heterocycles. The van der Waals surface area contributed by atoms with E-state index in [0.717, 1.165) is 19.3 Å². The monoisotopic (exact) mass is 271 g/mol. The van der Waals surface area contributed by atoms with Gasteiger partial charge in [-0.3, -0.25) is 9.69 Å². The van der Waals surface area contributed by atoms with Crippen molar-refractivity contribution < 1.29 is 13.2 Å². The van der Waals surface area contributed by atoms with Crippen molar-refractivity contribution in [3.63, 3.8) is 0 Å². The summed E-state index contributed by atoms with van der Waals surface area (Å²) in [5, 5.41) is 0. The van der Waals surface area contributed by atoms with E-state index in [9.17, 15) is 13.2 Å². The molecule has 0 amide bonds. The zero-order valence-corrected chi connectivity index (χ0v) is 11.7. The molecule has 0 radical (unpaired) electrons. The van der Waals surface area contributed by atoms with Crippen LogP contribution in [0, 0.1) is 0 Å². The van der Waals surface area contributed by atoms with Gasteiger partial charge in [-0.15, -0.1) is 0 Å². The van der Waals surface area contributed by atoms with Crippen molar-refractivity contribution >= 4 is 15.6 Å². The topological polar surface area (TPSA) is 54.5 Å². The first-order valence-corrected chi connectivity index (χ1v) is 8.72. The number of carbonyl (C=O) groups is 1. The van der Waals surface area contributed by atoms with Gasteiger partial charge < -0.3 is 0 Å². The first-order valence-electron chi connectivity index (χ1n) is 6.90. The van der Waals surface area contributed by atoms with E-state index in [-0.39, 0.29) is 11.3 Å². The molecule has 3 unspecified atom stereocenters. The molecule has 2 bridgehead atoms. The molecule has 3 atom stereocenters. The highest BCUT2D eigenvalue weighted by Gasteiger charge is 2.50. The van der Waals surface area contributed by atoms with E-state index in [0.29, 0.717) is 36.5 Å². The van der Waals surface area contributed by atoms with Crippen LogP contribution in [0.2, 0.25) is 0 Å². The largest absolute Gasteiger partial charge is 0.300 e. The van der Waals surface area contributed by atoms with Gasteiger partial charge in [0.1, 0.15) is 5.78 Å². The molecule has 102 valence electrons. The van der Waals surface area contributed by atoms with Crippen molar-refractivity contribution in [1.82, 2.24) is 4.90 Å². The second-order valence-corrected chi connectivity index (χ2v) is 8.62. The fourth-order valence-electron chi connectivity index (χ4n) is 4.25. The second kappa shape index (κ2) is 4.04. The summed E-state index contributed by atoms with van der Waals surface area (Å²) in [5.74, 6) is 0.958. The van der Waals surface area contributed by atoms with Crippen molar-refractivity contribution in [2.45, 2.75) is 63.1 Å². The summed E-state index contributed by atoms with van der Waals surface area (Å²) in [6.07, 6.45) is 5.28. The van der Waals surface area contributed by atoms with Crippen molar-refractivity contribution in [3.05, 3.63) is 0 Å². The molecule has 3 aliphatic heterocycles. The maximum atomic E-state index is 11.8. The number of nitrogens with zero attached hydrogens (tertiary/aromatic N) is 1. The number of hydrogen-bond acceptors (Lipinski definition) is 4. The Labute approximate surface area is 109 Å². The number of piperidine rings is 2. The molecule has 0 aliphatic carbocycles. The maximum Gasteiger partial charge on any atom is 0.152 e. The van der Waals surface area contributed by atoms with E-state index in [1.165, 1.54) is 6.42 Å². The second-order valence-electron chi connectivity index (χ2n) is 6.43. The number of ketones is 1. The van der Waals surface area contributed by atoms with Crippen molar-refractivity contribution in [1.29, 1.82) is 0 Å². The highest BCUT2D eigenvalue weighted by molar-refractivity contribution is 7.91. The van der Waals surface area contributed by atoms with E-state index in [1.807, 2.05) is 0 Å². The third-order valence-corrected chi connectivity index (χ3v) is 6.78. The smallest absolute Gasteiger partial charge is 0.152 e.